The molecule has 0 saturated heterocycles. The molecule has 0 spiro atoms. The minimum Gasteiger partial charge on any atom is -0.378 e. The van der Waals surface area contributed by atoms with Crippen LogP contribution in [0, 0.1) is 0 Å². The average Bonchev–Trinajstić information content (AvgIpc) is 3.05. The Balaban J connectivity index is 1.71. The van der Waals surface area contributed by atoms with Gasteiger partial charge in [0, 0.05) is 13.1 Å². The van der Waals surface area contributed by atoms with E-state index in [4.69, 9.17) is 0 Å². The van der Waals surface area contributed by atoms with Crippen molar-refractivity contribution in [1.29, 1.82) is 0 Å². The highest BCUT2D eigenvalue weighted by Gasteiger charge is 2.16. The molecule has 0 aliphatic carbocycles. The Hall–Kier alpha value is -2.18. The van der Waals surface area contributed by atoms with Crippen LogP contribution in [0.15, 0.2) is 47.8 Å². The maximum Gasteiger partial charge on any atom is 0.261 e. The van der Waals surface area contributed by atoms with Gasteiger partial charge in [0.05, 0.1) is 4.88 Å². The molecule has 2 rings (SSSR count). The van der Waals surface area contributed by atoms with Gasteiger partial charge in [0.1, 0.15) is 0 Å². The smallest absolute Gasteiger partial charge is 0.261 e. The second kappa shape index (κ2) is 7.56. The van der Waals surface area contributed by atoms with Gasteiger partial charge in [0.25, 0.3) is 11.8 Å². The molecule has 1 atom stereocenters. The first-order chi connectivity index (χ1) is 10.2. The number of thiophene rings is 1. The molecule has 5 nitrogen and oxygen atoms in total. The van der Waals surface area contributed by atoms with E-state index >= 15 is 0 Å². The van der Waals surface area contributed by atoms with Gasteiger partial charge < -0.3 is 15.7 Å². The van der Waals surface area contributed by atoms with E-state index in [0.29, 0.717) is 17.0 Å². The summed E-state index contributed by atoms with van der Waals surface area (Å²) in [6, 6.07) is 12.2. The topological polar surface area (TPSA) is 78.4 Å². The molecular formula is C15H16N2O3S. The Labute approximate surface area is 126 Å². The zero-order valence-electron chi connectivity index (χ0n) is 11.3. The largest absolute Gasteiger partial charge is 0.378 e. The second-order valence-electron chi connectivity index (χ2n) is 4.34. The van der Waals surface area contributed by atoms with Crippen LogP contribution in [0.1, 0.15) is 21.3 Å². The summed E-state index contributed by atoms with van der Waals surface area (Å²) in [4.78, 5) is 24.0. The standard InChI is InChI=1S/C15H16N2O3S/c18-13(11-5-2-1-3-6-11)15(20)17-9-8-16-14(19)12-7-4-10-21-12/h1-7,10,13,18H,8-9H2,(H,16,19)(H,17,20). The van der Waals surface area contributed by atoms with Crippen LogP contribution in [0.4, 0.5) is 0 Å². The quantitative estimate of drug-likeness (QED) is 0.705. The number of aliphatic hydroxyl groups is 1. The molecule has 1 heterocycles. The number of rotatable bonds is 6. The van der Waals surface area contributed by atoms with E-state index in [1.165, 1.54) is 11.3 Å². The van der Waals surface area contributed by atoms with E-state index < -0.39 is 12.0 Å². The normalized spacial score (nSPS) is 11.7. The lowest BCUT2D eigenvalue weighted by molar-refractivity contribution is -0.129. The van der Waals surface area contributed by atoms with Gasteiger partial charge >= 0.3 is 0 Å². The molecule has 1 aromatic carbocycles. The number of hydrogen-bond acceptors (Lipinski definition) is 4. The predicted octanol–water partition coefficient (Wildman–Crippen LogP) is 1.33. The molecule has 0 radical (unpaired) electrons. The Morgan fingerprint density at radius 2 is 1.76 bits per heavy atom. The Morgan fingerprint density at radius 3 is 2.43 bits per heavy atom. The highest BCUT2D eigenvalue weighted by atomic mass is 32.1. The first-order valence-corrected chi connectivity index (χ1v) is 7.39. The van der Waals surface area contributed by atoms with E-state index in [-0.39, 0.29) is 12.5 Å². The van der Waals surface area contributed by atoms with Gasteiger partial charge in [-0.2, -0.15) is 0 Å². The van der Waals surface area contributed by atoms with Crippen molar-refractivity contribution in [2.24, 2.45) is 0 Å². The lowest BCUT2D eigenvalue weighted by Crippen LogP contribution is -2.36. The molecular weight excluding hydrogens is 288 g/mol. The van der Waals surface area contributed by atoms with Crippen molar-refractivity contribution in [3.63, 3.8) is 0 Å². The average molecular weight is 304 g/mol. The summed E-state index contributed by atoms with van der Waals surface area (Å²) in [6.45, 7) is 0.573. The van der Waals surface area contributed by atoms with E-state index in [0.717, 1.165) is 0 Å². The number of carbonyl (C=O) groups excluding carboxylic acids is 2. The fourth-order valence-electron chi connectivity index (χ4n) is 1.74. The third-order valence-electron chi connectivity index (χ3n) is 2.82. The third-order valence-corrected chi connectivity index (χ3v) is 3.69. The van der Waals surface area contributed by atoms with Gasteiger partial charge in [-0.25, -0.2) is 0 Å². The van der Waals surface area contributed by atoms with Crippen LogP contribution in [-0.4, -0.2) is 30.0 Å². The molecule has 6 heteroatoms. The molecule has 2 amide bonds. The first kappa shape index (κ1) is 15.2. The lowest BCUT2D eigenvalue weighted by Gasteiger charge is -2.11. The summed E-state index contributed by atoms with van der Waals surface area (Å²) >= 11 is 1.36. The van der Waals surface area contributed by atoms with E-state index in [2.05, 4.69) is 10.6 Å². The number of amides is 2. The van der Waals surface area contributed by atoms with E-state index in [9.17, 15) is 14.7 Å². The highest BCUT2D eigenvalue weighted by Crippen LogP contribution is 2.11. The number of aliphatic hydroxyl groups excluding tert-OH is 1. The maximum absolute atomic E-state index is 11.7. The summed E-state index contributed by atoms with van der Waals surface area (Å²) in [5.74, 6) is -0.644. The molecule has 1 unspecified atom stereocenters. The number of benzene rings is 1. The van der Waals surface area contributed by atoms with E-state index in [1.54, 1.807) is 36.4 Å². The second-order valence-corrected chi connectivity index (χ2v) is 5.29. The van der Waals surface area contributed by atoms with Crippen LogP contribution < -0.4 is 10.6 Å². The van der Waals surface area contributed by atoms with Gasteiger partial charge in [-0.05, 0) is 17.0 Å². The van der Waals surface area contributed by atoms with Crippen molar-refractivity contribution in [2.45, 2.75) is 6.10 Å². The van der Waals surface area contributed by atoms with Crippen LogP contribution >= 0.6 is 11.3 Å². The zero-order valence-corrected chi connectivity index (χ0v) is 12.1. The minimum absolute atomic E-state index is 0.164. The molecule has 0 bridgehead atoms. The monoisotopic (exact) mass is 304 g/mol. The number of carbonyl (C=O) groups is 2. The SMILES string of the molecule is O=C(NCCNC(=O)C(O)c1ccccc1)c1cccs1. The van der Waals surface area contributed by atoms with Crippen molar-refractivity contribution >= 4 is 23.2 Å². The molecule has 21 heavy (non-hydrogen) atoms. The van der Waals surface area contributed by atoms with Crippen LogP contribution in [0.5, 0.6) is 0 Å². The van der Waals surface area contributed by atoms with Gasteiger partial charge in [0.15, 0.2) is 6.10 Å². The first-order valence-electron chi connectivity index (χ1n) is 6.51. The summed E-state index contributed by atoms with van der Waals surface area (Å²) in [7, 11) is 0. The summed E-state index contributed by atoms with van der Waals surface area (Å²) < 4.78 is 0. The van der Waals surface area contributed by atoms with Crippen molar-refractivity contribution in [3.8, 4) is 0 Å². The molecule has 0 aliphatic rings. The summed E-state index contributed by atoms with van der Waals surface area (Å²) in [5.41, 5.74) is 0.539. The fraction of sp³-hybridized carbons (Fsp3) is 0.200. The Kier molecular flexibility index (Phi) is 5.48. The molecule has 1 aromatic heterocycles. The van der Waals surface area contributed by atoms with Crippen molar-refractivity contribution in [3.05, 3.63) is 58.3 Å². The van der Waals surface area contributed by atoms with Crippen molar-refractivity contribution in [2.75, 3.05) is 13.1 Å². The van der Waals surface area contributed by atoms with Gasteiger partial charge in [0.2, 0.25) is 0 Å². The number of nitrogens with one attached hydrogen (secondary N) is 2. The van der Waals surface area contributed by atoms with Gasteiger partial charge in [-0.1, -0.05) is 36.4 Å². The van der Waals surface area contributed by atoms with Crippen LogP contribution in [0.25, 0.3) is 0 Å². The third kappa shape index (κ3) is 4.40. The highest BCUT2D eigenvalue weighted by molar-refractivity contribution is 7.12. The molecule has 0 aliphatic heterocycles. The van der Waals surface area contributed by atoms with Crippen LogP contribution in [0.2, 0.25) is 0 Å². The fourth-order valence-corrected chi connectivity index (χ4v) is 2.38. The van der Waals surface area contributed by atoms with Gasteiger partial charge in [-0.3, -0.25) is 9.59 Å². The van der Waals surface area contributed by atoms with Crippen LogP contribution in [0.3, 0.4) is 0 Å². The minimum atomic E-state index is -1.20. The maximum atomic E-state index is 11.7. The zero-order chi connectivity index (χ0) is 15.1. The number of hydrogen-bond donors (Lipinski definition) is 3. The molecule has 110 valence electrons. The van der Waals surface area contributed by atoms with Crippen LogP contribution in [-0.2, 0) is 4.79 Å². The predicted molar refractivity (Wildman–Crippen MR) is 81.1 cm³/mol. The molecule has 0 saturated carbocycles. The Bertz CT molecular complexity index is 584. The van der Waals surface area contributed by atoms with Crippen molar-refractivity contribution in [1.82, 2.24) is 10.6 Å². The molecule has 0 fully saturated rings. The summed E-state index contributed by atoms with van der Waals surface area (Å²) in [5, 5.41) is 17.0. The van der Waals surface area contributed by atoms with E-state index in [1.807, 2.05) is 11.4 Å². The lowest BCUT2D eigenvalue weighted by atomic mass is 10.1. The summed E-state index contributed by atoms with van der Waals surface area (Å²) in [6.07, 6.45) is -1.20. The van der Waals surface area contributed by atoms with Crippen molar-refractivity contribution < 1.29 is 14.7 Å². The van der Waals surface area contributed by atoms with Gasteiger partial charge in [-0.15, -0.1) is 11.3 Å². The molecule has 2 aromatic rings. The molecule has 3 N–H and O–H groups in total. The Morgan fingerprint density at radius 1 is 1.05 bits per heavy atom.